The van der Waals surface area contributed by atoms with E-state index < -0.39 is 33.1 Å². The molecule has 0 unspecified atom stereocenters. The van der Waals surface area contributed by atoms with Crippen molar-refractivity contribution in [2.75, 3.05) is 0 Å². The maximum absolute atomic E-state index is 14.7. The second-order valence-corrected chi connectivity index (χ2v) is 8.69. The summed E-state index contributed by atoms with van der Waals surface area (Å²) in [5, 5.41) is 0. The van der Waals surface area contributed by atoms with Crippen LogP contribution in [0.4, 0.5) is 9.18 Å². The number of hydrogen-bond acceptors (Lipinski definition) is 6. The first-order valence-electron chi connectivity index (χ1n) is 9.41. The van der Waals surface area contributed by atoms with Crippen LogP contribution in [0.2, 0.25) is 0 Å². The van der Waals surface area contributed by atoms with Gasteiger partial charge in [0.2, 0.25) is 0 Å². The maximum atomic E-state index is 14.7. The number of amides is 1. The fraction of sp³-hybridized carbons (Fsp3) is 0.190. The number of aromatic nitrogens is 2. The van der Waals surface area contributed by atoms with E-state index in [4.69, 9.17) is 9.47 Å². The number of hydrogen-bond donors (Lipinski definition) is 0. The number of carbonyl (C=O) groups excluding carboxylic acids is 1. The Kier molecular flexibility index (Phi) is 6.58. The zero-order valence-corrected chi connectivity index (χ0v) is 18.2. The van der Waals surface area contributed by atoms with E-state index in [-0.39, 0.29) is 20.7 Å². The van der Waals surface area contributed by atoms with E-state index in [2.05, 4.69) is 4.99 Å². The molecule has 0 bridgehead atoms. The minimum absolute atomic E-state index is 0.113. The largest absolute Gasteiger partial charge is 0.491 e. The average molecular weight is 461 g/mol. The third-order valence-electron chi connectivity index (χ3n) is 4.14. The van der Waals surface area contributed by atoms with Gasteiger partial charge in [-0.2, -0.15) is 8.96 Å². The Bertz CT molecular complexity index is 1360. The van der Waals surface area contributed by atoms with Crippen molar-refractivity contribution in [1.29, 1.82) is 0 Å². The van der Waals surface area contributed by atoms with Crippen LogP contribution >= 0.6 is 0 Å². The first-order valence-corrected chi connectivity index (χ1v) is 10.9. The topological polar surface area (TPSA) is 109 Å². The van der Waals surface area contributed by atoms with Crippen molar-refractivity contribution < 1.29 is 27.1 Å². The monoisotopic (exact) mass is 461 g/mol. The first-order chi connectivity index (χ1) is 15.1. The van der Waals surface area contributed by atoms with E-state index in [9.17, 15) is 22.4 Å². The molecule has 0 atom stereocenters. The molecule has 168 valence electrons. The van der Waals surface area contributed by atoms with E-state index in [0.29, 0.717) is 16.5 Å². The molecule has 3 rings (SSSR count). The SMILES string of the molecule is CC(C)Oc1ccc(S(=O)(=O)n2cc(F)c(=NC(=O)Oc3ccccc3)n(C)c2=O)cc1. The molecular formula is C21H20FN3O6S. The summed E-state index contributed by atoms with van der Waals surface area (Å²) >= 11 is 0. The Morgan fingerprint density at radius 1 is 1.03 bits per heavy atom. The van der Waals surface area contributed by atoms with E-state index in [1.807, 2.05) is 13.8 Å². The fourth-order valence-corrected chi connectivity index (χ4v) is 3.96. The van der Waals surface area contributed by atoms with Crippen LogP contribution in [0.15, 0.2) is 75.5 Å². The summed E-state index contributed by atoms with van der Waals surface area (Å²) in [6.45, 7) is 3.63. The lowest BCUT2D eigenvalue weighted by Gasteiger charge is -2.12. The molecule has 11 heteroatoms. The molecule has 0 fully saturated rings. The van der Waals surface area contributed by atoms with Crippen molar-refractivity contribution in [3.05, 3.63) is 82.6 Å². The van der Waals surface area contributed by atoms with Crippen LogP contribution < -0.4 is 20.7 Å². The summed E-state index contributed by atoms with van der Waals surface area (Å²) in [5.74, 6) is -0.598. The maximum Gasteiger partial charge on any atom is 0.441 e. The Morgan fingerprint density at radius 2 is 1.66 bits per heavy atom. The van der Waals surface area contributed by atoms with Crippen molar-refractivity contribution in [3.63, 3.8) is 0 Å². The molecule has 0 saturated heterocycles. The predicted octanol–water partition coefficient (Wildman–Crippen LogP) is 2.45. The molecule has 0 aliphatic rings. The summed E-state index contributed by atoms with van der Waals surface area (Å²) in [5.41, 5.74) is -1.80. The summed E-state index contributed by atoms with van der Waals surface area (Å²) in [4.78, 5) is 27.9. The number of carbonyl (C=O) groups is 1. The van der Waals surface area contributed by atoms with Crippen LogP contribution in [0.5, 0.6) is 11.5 Å². The highest BCUT2D eigenvalue weighted by Gasteiger charge is 2.22. The highest BCUT2D eigenvalue weighted by molar-refractivity contribution is 7.90. The summed E-state index contributed by atoms with van der Waals surface area (Å²) in [7, 11) is -3.33. The Balaban J connectivity index is 1.99. The molecule has 32 heavy (non-hydrogen) atoms. The summed E-state index contributed by atoms with van der Waals surface area (Å²) < 4.78 is 51.7. The van der Waals surface area contributed by atoms with Crippen LogP contribution in [0.1, 0.15) is 13.8 Å². The van der Waals surface area contributed by atoms with Crippen molar-refractivity contribution in [2.24, 2.45) is 12.0 Å². The average Bonchev–Trinajstić information content (AvgIpc) is 2.74. The fourth-order valence-electron chi connectivity index (χ4n) is 2.69. The van der Waals surface area contributed by atoms with Gasteiger partial charge in [-0.1, -0.05) is 18.2 Å². The lowest BCUT2D eigenvalue weighted by Crippen LogP contribution is -2.43. The van der Waals surface area contributed by atoms with Crippen LogP contribution in [0.3, 0.4) is 0 Å². The van der Waals surface area contributed by atoms with Crippen LogP contribution in [0.25, 0.3) is 0 Å². The Hall–Kier alpha value is -3.73. The van der Waals surface area contributed by atoms with Gasteiger partial charge in [0.15, 0.2) is 11.3 Å². The van der Waals surface area contributed by atoms with Crippen LogP contribution in [0, 0.1) is 5.82 Å². The van der Waals surface area contributed by atoms with Crippen LogP contribution in [-0.4, -0.2) is 29.2 Å². The minimum atomic E-state index is -4.42. The molecule has 0 radical (unpaired) electrons. The molecule has 1 aromatic heterocycles. The Morgan fingerprint density at radius 3 is 2.25 bits per heavy atom. The number of nitrogens with zero attached hydrogens (tertiary/aromatic N) is 3. The summed E-state index contributed by atoms with van der Waals surface area (Å²) in [6, 6.07) is 13.3. The third kappa shape index (κ3) is 4.94. The number of rotatable bonds is 5. The van der Waals surface area contributed by atoms with Gasteiger partial charge < -0.3 is 9.47 Å². The van der Waals surface area contributed by atoms with Gasteiger partial charge in [0.25, 0.3) is 10.0 Å². The van der Waals surface area contributed by atoms with E-state index in [1.165, 1.54) is 36.4 Å². The number of benzene rings is 2. The quantitative estimate of drug-likeness (QED) is 0.577. The standard InChI is InChI=1S/C21H20FN3O6S/c1-14(2)30-16-9-11-17(12-10-16)32(28,29)25-13-18(22)19(24(3)21(25)27)23-20(26)31-15-7-5-4-6-8-15/h4-14H,1-3H3. The Labute approximate surface area is 183 Å². The molecule has 0 saturated carbocycles. The van der Waals surface area contributed by atoms with Gasteiger partial charge in [0.05, 0.1) is 17.2 Å². The normalized spacial score (nSPS) is 12.1. The number of para-hydroxylation sites is 1. The second-order valence-electron chi connectivity index (χ2n) is 6.87. The van der Waals surface area contributed by atoms with Gasteiger partial charge in [0.1, 0.15) is 11.5 Å². The number of ether oxygens (including phenoxy) is 2. The first kappa shape index (κ1) is 22.9. The van der Waals surface area contributed by atoms with Gasteiger partial charge in [-0.05, 0) is 50.2 Å². The highest BCUT2D eigenvalue weighted by atomic mass is 32.2. The van der Waals surface area contributed by atoms with Crippen LogP contribution in [-0.2, 0) is 17.1 Å². The van der Waals surface area contributed by atoms with Crippen molar-refractivity contribution in [1.82, 2.24) is 8.54 Å². The van der Waals surface area contributed by atoms with Gasteiger partial charge in [-0.25, -0.2) is 22.4 Å². The molecule has 2 aromatic carbocycles. The predicted molar refractivity (Wildman–Crippen MR) is 112 cm³/mol. The molecule has 0 aliphatic carbocycles. The van der Waals surface area contributed by atoms with E-state index >= 15 is 0 Å². The smallest absolute Gasteiger partial charge is 0.441 e. The molecule has 9 nitrogen and oxygen atoms in total. The molecule has 0 aliphatic heterocycles. The molecule has 1 amide bonds. The lowest BCUT2D eigenvalue weighted by molar-refractivity contribution is 0.209. The zero-order valence-electron chi connectivity index (χ0n) is 17.4. The van der Waals surface area contributed by atoms with Crippen molar-refractivity contribution in [2.45, 2.75) is 24.8 Å². The number of halogens is 1. The molecule has 0 spiro atoms. The molecule has 3 aromatic rings. The van der Waals surface area contributed by atoms with Crippen molar-refractivity contribution >= 4 is 16.1 Å². The van der Waals surface area contributed by atoms with Gasteiger partial charge in [0, 0.05) is 7.05 Å². The second kappa shape index (κ2) is 9.18. The molecule has 1 heterocycles. The van der Waals surface area contributed by atoms with Gasteiger partial charge >= 0.3 is 11.8 Å². The molecule has 0 N–H and O–H groups in total. The van der Waals surface area contributed by atoms with Gasteiger partial charge in [-0.3, -0.25) is 4.57 Å². The highest BCUT2D eigenvalue weighted by Crippen LogP contribution is 2.18. The van der Waals surface area contributed by atoms with E-state index in [0.717, 1.165) is 7.05 Å². The van der Waals surface area contributed by atoms with Crippen molar-refractivity contribution in [3.8, 4) is 11.5 Å². The lowest BCUT2D eigenvalue weighted by atomic mass is 10.3. The molecular weight excluding hydrogens is 441 g/mol. The summed E-state index contributed by atoms with van der Waals surface area (Å²) in [6.07, 6.45) is -0.824. The zero-order chi connectivity index (χ0) is 23.5. The third-order valence-corrected chi connectivity index (χ3v) is 5.78. The minimum Gasteiger partial charge on any atom is -0.491 e. The van der Waals surface area contributed by atoms with Gasteiger partial charge in [-0.15, -0.1) is 0 Å². The van der Waals surface area contributed by atoms with E-state index in [1.54, 1.807) is 18.2 Å².